The maximum atomic E-state index is 12.8. The van der Waals surface area contributed by atoms with Gasteiger partial charge in [-0.15, -0.1) is 0 Å². The predicted molar refractivity (Wildman–Crippen MR) is 71.3 cm³/mol. The Morgan fingerprint density at radius 1 is 0.947 bits per heavy atom. The molecule has 0 aliphatic heterocycles. The van der Waals surface area contributed by atoms with Gasteiger partial charge in [0.15, 0.2) is 0 Å². The van der Waals surface area contributed by atoms with Gasteiger partial charge in [0.05, 0.1) is 10.6 Å². The van der Waals surface area contributed by atoms with Crippen LogP contribution in [0.3, 0.4) is 0 Å². The Bertz CT molecular complexity index is 571. The molecular formula is C15H12ClF3. The van der Waals surface area contributed by atoms with E-state index in [1.807, 2.05) is 31.2 Å². The van der Waals surface area contributed by atoms with Gasteiger partial charge in [-0.2, -0.15) is 13.2 Å². The fourth-order valence-electron chi connectivity index (χ4n) is 1.85. The Kier molecular flexibility index (Phi) is 3.85. The molecule has 2 rings (SSSR count). The van der Waals surface area contributed by atoms with E-state index in [4.69, 9.17) is 11.6 Å². The lowest BCUT2D eigenvalue weighted by Gasteiger charge is -2.11. The highest BCUT2D eigenvalue weighted by atomic mass is 35.5. The molecule has 0 spiro atoms. The molecule has 0 aliphatic carbocycles. The topological polar surface area (TPSA) is 0 Å². The Balaban J connectivity index is 2.45. The number of hydrogen-bond donors (Lipinski definition) is 0. The van der Waals surface area contributed by atoms with Crippen molar-refractivity contribution >= 4 is 11.6 Å². The maximum Gasteiger partial charge on any atom is 0.417 e. The van der Waals surface area contributed by atoms with E-state index in [1.54, 1.807) is 6.07 Å². The summed E-state index contributed by atoms with van der Waals surface area (Å²) in [4.78, 5) is 0. The zero-order valence-electron chi connectivity index (χ0n) is 10.3. The lowest BCUT2D eigenvalue weighted by atomic mass is 10.0. The molecule has 0 saturated carbocycles. The summed E-state index contributed by atoms with van der Waals surface area (Å²) < 4.78 is 38.3. The van der Waals surface area contributed by atoms with Crippen LogP contribution in [0, 0.1) is 0 Å². The highest BCUT2D eigenvalue weighted by molar-refractivity contribution is 6.31. The monoisotopic (exact) mass is 284 g/mol. The summed E-state index contributed by atoms with van der Waals surface area (Å²) in [5.41, 5.74) is 1.61. The molecule has 0 amide bonds. The molecule has 100 valence electrons. The van der Waals surface area contributed by atoms with Crippen LogP contribution in [0.25, 0.3) is 11.1 Å². The smallest absolute Gasteiger partial charge is 0.166 e. The Labute approximate surface area is 114 Å². The van der Waals surface area contributed by atoms with Gasteiger partial charge in [0.1, 0.15) is 0 Å². The Hall–Kier alpha value is -1.48. The van der Waals surface area contributed by atoms with Crippen LogP contribution in [0.4, 0.5) is 13.2 Å². The number of benzene rings is 2. The minimum Gasteiger partial charge on any atom is -0.166 e. The SMILES string of the molecule is CCc1ccc(-c2ccc(Cl)c(C(F)(F)F)c2)cc1. The third-order valence-corrected chi connectivity index (χ3v) is 3.30. The summed E-state index contributed by atoms with van der Waals surface area (Å²) >= 11 is 5.60. The van der Waals surface area contributed by atoms with Gasteiger partial charge in [0.25, 0.3) is 0 Å². The minimum absolute atomic E-state index is 0.276. The summed E-state index contributed by atoms with van der Waals surface area (Å²) in [7, 11) is 0. The van der Waals surface area contributed by atoms with E-state index in [1.165, 1.54) is 6.07 Å². The van der Waals surface area contributed by atoms with Crippen LogP contribution in [0.1, 0.15) is 18.1 Å². The van der Waals surface area contributed by atoms with Crippen molar-refractivity contribution in [3.63, 3.8) is 0 Å². The quantitative estimate of drug-likeness (QED) is 0.674. The minimum atomic E-state index is -4.43. The number of halogens is 4. The molecule has 0 N–H and O–H groups in total. The first-order chi connectivity index (χ1) is 8.91. The van der Waals surface area contributed by atoms with Crippen molar-refractivity contribution in [3.05, 3.63) is 58.6 Å². The van der Waals surface area contributed by atoms with E-state index in [0.717, 1.165) is 23.6 Å². The van der Waals surface area contributed by atoms with E-state index in [0.29, 0.717) is 5.56 Å². The zero-order chi connectivity index (χ0) is 14.0. The lowest BCUT2D eigenvalue weighted by molar-refractivity contribution is -0.137. The molecule has 2 aromatic rings. The molecule has 0 fully saturated rings. The van der Waals surface area contributed by atoms with Crippen molar-refractivity contribution in [1.29, 1.82) is 0 Å². The van der Waals surface area contributed by atoms with Crippen LogP contribution >= 0.6 is 11.6 Å². The van der Waals surface area contributed by atoms with Crippen LogP contribution in [0.15, 0.2) is 42.5 Å². The average Bonchev–Trinajstić information content (AvgIpc) is 2.38. The average molecular weight is 285 g/mol. The Morgan fingerprint density at radius 3 is 2.05 bits per heavy atom. The van der Waals surface area contributed by atoms with E-state index in [-0.39, 0.29) is 5.02 Å². The van der Waals surface area contributed by atoms with Gasteiger partial charge in [-0.05, 0) is 35.2 Å². The van der Waals surface area contributed by atoms with Crippen LogP contribution in [0.5, 0.6) is 0 Å². The first-order valence-corrected chi connectivity index (χ1v) is 6.25. The number of aryl methyl sites for hydroxylation is 1. The fourth-order valence-corrected chi connectivity index (χ4v) is 2.08. The molecule has 0 aromatic heterocycles. The molecule has 0 unspecified atom stereocenters. The third kappa shape index (κ3) is 3.10. The van der Waals surface area contributed by atoms with Gasteiger partial charge in [0.2, 0.25) is 0 Å². The normalized spacial score (nSPS) is 11.6. The zero-order valence-corrected chi connectivity index (χ0v) is 11.0. The second-order valence-electron chi connectivity index (χ2n) is 4.24. The molecular weight excluding hydrogens is 273 g/mol. The van der Waals surface area contributed by atoms with E-state index in [2.05, 4.69) is 0 Å². The van der Waals surface area contributed by atoms with Crippen LogP contribution in [-0.2, 0) is 12.6 Å². The van der Waals surface area contributed by atoms with Gasteiger partial charge in [-0.3, -0.25) is 0 Å². The molecule has 19 heavy (non-hydrogen) atoms. The van der Waals surface area contributed by atoms with Crippen molar-refractivity contribution in [3.8, 4) is 11.1 Å². The van der Waals surface area contributed by atoms with Crippen molar-refractivity contribution in [2.24, 2.45) is 0 Å². The predicted octanol–water partition coefficient (Wildman–Crippen LogP) is 5.59. The highest BCUT2D eigenvalue weighted by Gasteiger charge is 2.33. The molecule has 0 radical (unpaired) electrons. The van der Waals surface area contributed by atoms with Gasteiger partial charge < -0.3 is 0 Å². The summed E-state index contributed by atoms with van der Waals surface area (Å²) in [6.07, 6.45) is -3.54. The summed E-state index contributed by atoms with van der Waals surface area (Å²) in [5, 5.41) is -0.276. The van der Waals surface area contributed by atoms with Crippen LogP contribution in [-0.4, -0.2) is 0 Å². The maximum absolute atomic E-state index is 12.8. The molecule has 0 atom stereocenters. The van der Waals surface area contributed by atoms with Gasteiger partial charge in [0, 0.05) is 0 Å². The van der Waals surface area contributed by atoms with Gasteiger partial charge >= 0.3 is 6.18 Å². The molecule has 2 aromatic carbocycles. The molecule has 0 bridgehead atoms. The van der Waals surface area contributed by atoms with E-state index in [9.17, 15) is 13.2 Å². The van der Waals surface area contributed by atoms with Crippen molar-refractivity contribution in [2.45, 2.75) is 19.5 Å². The number of hydrogen-bond acceptors (Lipinski definition) is 0. The lowest BCUT2D eigenvalue weighted by Crippen LogP contribution is -2.05. The fraction of sp³-hybridized carbons (Fsp3) is 0.200. The van der Waals surface area contributed by atoms with Crippen molar-refractivity contribution in [1.82, 2.24) is 0 Å². The number of rotatable bonds is 2. The molecule has 0 aliphatic rings. The first kappa shape index (κ1) is 13.9. The largest absolute Gasteiger partial charge is 0.417 e. The van der Waals surface area contributed by atoms with Gasteiger partial charge in [-0.25, -0.2) is 0 Å². The highest BCUT2D eigenvalue weighted by Crippen LogP contribution is 2.37. The van der Waals surface area contributed by atoms with Crippen LogP contribution in [0.2, 0.25) is 5.02 Å². The second-order valence-corrected chi connectivity index (χ2v) is 4.65. The molecule has 0 nitrogen and oxygen atoms in total. The standard InChI is InChI=1S/C15H12ClF3/c1-2-10-3-5-11(6-4-10)12-7-8-14(16)13(9-12)15(17,18)19/h3-9H,2H2,1H3. The molecule has 0 heterocycles. The molecule has 0 saturated heterocycles. The van der Waals surface area contributed by atoms with Gasteiger partial charge in [-0.1, -0.05) is 48.9 Å². The first-order valence-electron chi connectivity index (χ1n) is 5.88. The summed E-state index contributed by atoms with van der Waals surface area (Å²) in [5.74, 6) is 0. The van der Waals surface area contributed by atoms with Crippen molar-refractivity contribution < 1.29 is 13.2 Å². The van der Waals surface area contributed by atoms with Crippen molar-refractivity contribution in [2.75, 3.05) is 0 Å². The third-order valence-electron chi connectivity index (χ3n) is 2.97. The summed E-state index contributed by atoms with van der Waals surface area (Å²) in [6.45, 7) is 2.03. The number of alkyl halides is 3. The molecule has 4 heteroatoms. The second kappa shape index (κ2) is 5.25. The Morgan fingerprint density at radius 2 is 1.53 bits per heavy atom. The van der Waals surface area contributed by atoms with Crippen LogP contribution < -0.4 is 0 Å². The van der Waals surface area contributed by atoms with E-state index >= 15 is 0 Å². The summed E-state index contributed by atoms with van der Waals surface area (Å²) in [6, 6.07) is 11.4. The van der Waals surface area contributed by atoms with E-state index < -0.39 is 11.7 Å².